The normalized spacial score (nSPS) is 24.7. The van der Waals surface area contributed by atoms with E-state index in [1.165, 1.54) is 17.2 Å². The van der Waals surface area contributed by atoms with Crippen LogP contribution >= 0.6 is 15.9 Å². The van der Waals surface area contributed by atoms with Crippen LogP contribution in [-0.2, 0) is 11.3 Å². The molecule has 1 saturated heterocycles. The molecule has 1 aromatic carbocycles. The van der Waals surface area contributed by atoms with Crippen LogP contribution in [0.2, 0.25) is 0 Å². The van der Waals surface area contributed by atoms with Gasteiger partial charge in [0.05, 0.1) is 12.9 Å². The largest absolute Gasteiger partial charge is 0.508 e. The quantitative estimate of drug-likeness (QED) is 0.374. The molecule has 10 nitrogen and oxygen atoms in total. The van der Waals surface area contributed by atoms with Crippen molar-refractivity contribution in [1.29, 1.82) is 0 Å². The summed E-state index contributed by atoms with van der Waals surface area (Å²) in [5, 5.41) is 42.6. The van der Waals surface area contributed by atoms with Gasteiger partial charge in [0.1, 0.15) is 30.4 Å². The van der Waals surface area contributed by atoms with Crippen molar-refractivity contribution in [2.75, 3.05) is 11.9 Å². The highest BCUT2D eigenvalue weighted by atomic mass is 79.9. The summed E-state index contributed by atoms with van der Waals surface area (Å²) in [5.41, 5.74) is 1.52. The molecule has 0 bridgehead atoms. The molecule has 0 saturated carbocycles. The first-order valence-corrected chi connectivity index (χ1v) is 9.30. The molecule has 11 heteroatoms. The molecule has 0 aliphatic carbocycles. The van der Waals surface area contributed by atoms with Gasteiger partial charge in [-0.05, 0) is 12.1 Å². The van der Waals surface area contributed by atoms with E-state index in [9.17, 15) is 20.4 Å². The predicted octanol–water partition coefficient (Wildman–Crippen LogP) is 0.518. The number of phenolic OH excluding ortho intramolecular Hbond substituents is 1. The number of hydrogen-bond acceptors (Lipinski definition) is 9. The standard InChI is InChI=1S/C17H18BrN5O5/c18-9-2-1-8(10(25)3-9)4-19-15-12-16(21-6-20-15)23(7-22-12)17-14(27)13(26)11(5-24)28-17/h1-3,6-7,11,13-14,17,24-27H,4-5H2,(H,19,20,21)/t11-,13-,14-,17-/m1/s1. The van der Waals surface area contributed by atoms with Gasteiger partial charge in [0.15, 0.2) is 23.2 Å². The van der Waals surface area contributed by atoms with E-state index in [1.54, 1.807) is 12.1 Å². The van der Waals surface area contributed by atoms with E-state index in [0.29, 0.717) is 29.1 Å². The summed E-state index contributed by atoms with van der Waals surface area (Å²) in [6.45, 7) is -0.105. The van der Waals surface area contributed by atoms with Gasteiger partial charge in [0.25, 0.3) is 0 Å². The number of hydrogen-bond donors (Lipinski definition) is 5. The van der Waals surface area contributed by atoms with Gasteiger partial charge < -0.3 is 30.5 Å². The van der Waals surface area contributed by atoms with Crippen LogP contribution in [0.5, 0.6) is 5.75 Å². The number of aliphatic hydroxyl groups excluding tert-OH is 3. The fourth-order valence-corrected chi connectivity index (χ4v) is 3.49. The Labute approximate surface area is 167 Å². The molecule has 148 valence electrons. The second-order valence-electron chi connectivity index (χ2n) is 6.40. The predicted molar refractivity (Wildman–Crippen MR) is 101 cm³/mol. The van der Waals surface area contributed by atoms with Gasteiger partial charge >= 0.3 is 0 Å². The summed E-state index contributed by atoms with van der Waals surface area (Å²) in [4.78, 5) is 12.7. The summed E-state index contributed by atoms with van der Waals surface area (Å²) >= 11 is 3.30. The molecule has 0 unspecified atom stereocenters. The smallest absolute Gasteiger partial charge is 0.167 e. The van der Waals surface area contributed by atoms with Crippen molar-refractivity contribution in [3.8, 4) is 5.75 Å². The molecular formula is C17H18BrN5O5. The number of fused-ring (bicyclic) bond motifs is 1. The number of ether oxygens (including phenoxy) is 1. The minimum atomic E-state index is -1.24. The van der Waals surface area contributed by atoms with Crippen LogP contribution in [0.15, 0.2) is 35.3 Å². The van der Waals surface area contributed by atoms with E-state index in [0.717, 1.165) is 4.47 Å². The Morgan fingerprint density at radius 1 is 1.18 bits per heavy atom. The zero-order valence-corrected chi connectivity index (χ0v) is 16.1. The first-order chi connectivity index (χ1) is 13.5. The Kier molecular flexibility index (Phi) is 5.17. The number of aromatic hydroxyl groups is 1. The number of phenols is 1. The topological polar surface area (TPSA) is 146 Å². The Morgan fingerprint density at radius 2 is 2.00 bits per heavy atom. The number of benzene rings is 1. The van der Waals surface area contributed by atoms with Crippen LogP contribution in [0, 0.1) is 0 Å². The van der Waals surface area contributed by atoms with Crippen molar-refractivity contribution in [3.05, 3.63) is 40.9 Å². The molecule has 2 aromatic heterocycles. The minimum Gasteiger partial charge on any atom is -0.508 e. The molecule has 5 N–H and O–H groups in total. The van der Waals surface area contributed by atoms with Crippen LogP contribution in [-0.4, -0.2) is 64.9 Å². The maximum Gasteiger partial charge on any atom is 0.167 e. The lowest BCUT2D eigenvalue weighted by molar-refractivity contribution is -0.0511. The second kappa shape index (κ2) is 7.60. The molecular weight excluding hydrogens is 434 g/mol. The van der Waals surface area contributed by atoms with E-state index in [-0.39, 0.29) is 5.75 Å². The van der Waals surface area contributed by atoms with Crippen LogP contribution < -0.4 is 5.32 Å². The Hall–Kier alpha value is -2.31. The molecule has 3 heterocycles. The molecule has 3 aromatic rings. The molecule has 0 radical (unpaired) electrons. The summed E-state index contributed by atoms with van der Waals surface area (Å²) < 4.78 is 7.80. The van der Waals surface area contributed by atoms with E-state index < -0.39 is 31.1 Å². The van der Waals surface area contributed by atoms with Crippen molar-refractivity contribution in [3.63, 3.8) is 0 Å². The van der Waals surface area contributed by atoms with Crippen LogP contribution in [0.3, 0.4) is 0 Å². The third kappa shape index (κ3) is 3.31. The number of anilines is 1. The van der Waals surface area contributed by atoms with Crippen molar-refractivity contribution in [2.24, 2.45) is 0 Å². The lowest BCUT2D eigenvalue weighted by atomic mass is 10.1. The number of imidazole rings is 1. The average molecular weight is 452 g/mol. The molecule has 1 aliphatic heterocycles. The number of nitrogens with one attached hydrogen (secondary N) is 1. The molecule has 0 spiro atoms. The first-order valence-electron chi connectivity index (χ1n) is 8.51. The number of aliphatic hydroxyl groups is 3. The number of nitrogens with zero attached hydrogens (tertiary/aromatic N) is 4. The Balaban J connectivity index is 1.60. The van der Waals surface area contributed by atoms with Crippen LogP contribution in [0.4, 0.5) is 5.82 Å². The second-order valence-corrected chi connectivity index (χ2v) is 7.32. The summed E-state index contributed by atoms with van der Waals surface area (Å²) in [7, 11) is 0. The van der Waals surface area contributed by atoms with E-state index >= 15 is 0 Å². The Morgan fingerprint density at radius 3 is 2.71 bits per heavy atom. The SMILES string of the molecule is OC[C@H]1O[C@@H](n2cnc3c(NCc4ccc(Br)cc4O)ncnc32)[C@H](O)[C@@H]1O. The molecule has 28 heavy (non-hydrogen) atoms. The van der Waals surface area contributed by atoms with Crippen LogP contribution in [0.1, 0.15) is 11.8 Å². The third-order valence-corrected chi connectivity index (χ3v) is 5.14. The molecule has 1 fully saturated rings. The van der Waals surface area contributed by atoms with E-state index in [4.69, 9.17) is 4.74 Å². The van der Waals surface area contributed by atoms with Gasteiger partial charge in [0, 0.05) is 16.6 Å². The van der Waals surface area contributed by atoms with Gasteiger partial charge in [0.2, 0.25) is 0 Å². The zero-order chi connectivity index (χ0) is 19.8. The molecule has 4 atom stereocenters. The fourth-order valence-electron chi connectivity index (χ4n) is 3.14. The van der Waals surface area contributed by atoms with Crippen molar-refractivity contribution >= 4 is 32.9 Å². The molecule has 0 amide bonds. The summed E-state index contributed by atoms with van der Waals surface area (Å²) in [6.07, 6.45) is -1.51. The maximum atomic E-state index is 10.2. The van der Waals surface area contributed by atoms with Crippen molar-refractivity contribution < 1.29 is 25.2 Å². The van der Waals surface area contributed by atoms with Crippen LogP contribution in [0.25, 0.3) is 11.2 Å². The monoisotopic (exact) mass is 451 g/mol. The van der Waals surface area contributed by atoms with Crippen molar-refractivity contribution in [1.82, 2.24) is 19.5 Å². The highest BCUT2D eigenvalue weighted by Crippen LogP contribution is 2.32. The lowest BCUT2D eigenvalue weighted by Gasteiger charge is -2.16. The molecule has 4 rings (SSSR count). The van der Waals surface area contributed by atoms with Gasteiger partial charge in [-0.15, -0.1) is 0 Å². The zero-order valence-electron chi connectivity index (χ0n) is 14.5. The first kappa shape index (κ1) is 19.0. The maximum absolute atomic E-state index is 10.2. The van der Waals surface area contributed by atoms with Gasteiger partial charge in [-0.2, -0.15) is 0 Å². The highest BCUT2D eigenvalue weighted by molar-refractivity contribution is 9.10. The van der Waals surface area contributed by atoms with Crippen molar-refractivity contribution in [2.45, 2.75) is 31.1 Å². The Bertz CT molecular complexity index is 999. The summed E-state index contributed by atoms with van der Waals surface area (Å²) in [5.74, 6) is 0.585. The number of rotatable bonds is 5. The average Bonchev–Trinajstić information content (AvgIpc) is 3.23. The van der Waals surface area contributed by atoms with Gasteiger partial charge in [-0.1, -0.05) is 22.0 Å². The molecule has 1 aliphatic rings. The number of aromatic nitrogens is 4. The van der Waals surface area contributed by atoms with Gasteiger partial charge in [-0.3, -0.25) is 4.57 Å². The fraction of sp³-hybridized carbons (Fsp3) is 0.353. The van der Waals surface area contributed by atoms with Gasteiger partial charge in [-0.25, -0.2) is 15.0 Å². The number of halogens is 1. The summed E-state index contributed by atoms with van der Waals surface area (Å²) in [6, 6.07) is 5.20. The van der Waals surface area contributed by atoms with E-state index in [2.05, 4.69) is 36.2 Å². The third-order valence-electron chi connectivity index (χ3n) is 4.64. The lowest BCUT2D eigenvalue weighted by Crippen LogP contribution is -2.33. The minimum absolute atomic E-state index is 0.143. The van der Waals surface area contributed by atoms with E-state index in [1.807, 2.05) is 6.07 Å². The highest BCUT2D eigenvalue weighted by Gasteiger charge is 2.44.